The van der Waals surface area contributed by atoms with Gasteiger partial charge in [-0.25, -0.2) is 4.39 Å². The molecule has 1 N–H and O–H groups in total. The number of piperidine rings is 1. The highest BCUT2D eigenvalue weighted by Crippen LogP contribution is 2.23. The van der Waals surface area contributed by atoms with E-state index in [1.807, 2.05) is 4.90 Å². The van der Waals surface area contributed by atoms with Crippen LogP contribution in [0.2, 0.25) is 0 Å². The fourth-order valence-electron chi connectivity index (χ4n) is 3.25. The van der Waals surface area contributed by atoms with Crippen molar-refractivity contribution >= 4 is 11.8 Å². The molecule has 2 amide bonds. The number of carbonyl (C=O) groups excluding carboxylic acids is 2. The average Bonchev–Trinajstić information content (AvgIpc) is 2.72. The van der Waals surface area contributed by atoms with E-state index in [1.54, 1.807) is 18.2 Å². The van der Waals surface area contributed by atoms with Gasteiger partial charge in [-0.3, -0.25) is 9.59 Å². The molecule has 0 unspecified atom stereocenters. The first-order valence-corrected chi connectivity index (χ1v) is 9.19. The molecule has 0 radical (unpaired) electrons. The Hall–Kier alpha value is -2.83. The maximum Gasteiger partial charge on any atom is 0.255 e. The quantitative estimate of drug-likeness (QED) is 0.848. The molecule has 142 valence electrons. The molecule has 0 bridgehead atoms. The number of rotatable bonds is 6. The molecule has 6 nitrogen and oxygen atoms in total. The van der Waals surface area contributed by atoms with Crippen LogP contribution in [0.3, 0.4) is 0 Å². The summed E-state index contributed by atoms with van der Waals surface area (Å²) in [4.78, 5) is 26.2. The predicted molar refractivity (Wildman–Crippen MR) is 98.1 cm³/mol. The van der Waals surface area contributed by atoms with Crippen LogP contribution in [0, 0.1) is 11.7 Å². The highest BCUT2D eigenvalue weighted by atomic mass is 19.1. The lowest BCUT2D eigenvalue weighted by Crippen LogP contribution is -2.38. The monoisotopic (exact) mass is 370 g/mol. The van der Waals surface area contributed by atoms with Gasteiger partial charge in [0.25, 0.3) is 5.91 Å². The van der Waals surface area contributed by atoms with Crippen molar-refractivity contribution in [1.82, 2.24) is 20.4 Å². The SMILES string of the molecule is O=C(CCC1CCN(C(=O)c2ccnnc2)CC1)NCc1ccc(F)cc1. The predicted octanol–water partition coefficient (Wildman–Crippen LogP) is 2.56. The van der Waals surface area contributed by atoms with E-state index in [0.29, 0.717) is 37.5 Å². The summed E-state index contributed by atoms with van der Waals surface area (Å²) in [6.07, 6.45) is 6.08. The third-order valence-electron chi connectivity index (χ3n) is 4.92. The van der Waals surface area contributed by atoms with Crippen LogP contribution in [0.1, 0.15) is 41.6 Å². The van der Waals surface area contributed by atoms with Crippen molar-refractivity contribution in [3.05, 3.63) is 59.7 Å². The molecule has 1 aliphatic heterocycles. The van der Waals surface area contributed by atoms with Gasteiger partial charge in [-0.05, 0) is 48.9 Å². The van der Waals surface area contributed by atoms with Crippen molar-refractivity contribution < 1.29 is 14.0 Å². The molecule has 0 aliphatic carbocycles. The van der Waals surface area contributed by atoms with E-state index in [-0.39, 0.29) is 17.6 Å². The van der Waals surface area contributed by atoms with Crippen LogP contribution in [0.15, 0.2) is 42.7 Å². The van der Waals surface area contributed by atoms with Crippen molar-refractivity contribution in [2.75, 3.05) is 13.1 Å². The van der Waals surface area contributed by atoms with Crippen LogP contribution >= 0.6 is 0 Å². The molecule has 0 saturated carbocycles. The number of halogens is 1. The van der Waals surface area contributed by atoms with E-state index < -0.39 is 0 Å². The first-order chi connectivity index (χ1) is 13.1. The van der Waals surface area contributed by atoms with Crippen LogP contribution < -0.4 is 5.32 Å². The molecule has 7 heteroatoms. The second kappa shape index (κ2) is 9.21. The van der Waals surface area contributed by atoms with Crippen molar-refractivity contribution in [1.29, 1.82) is 0 Å². The summed E-state index contributed by atoms with van der Waals surface area (Å²) < 4.78 is 12.9. The highest BCUT2D eigenvalue weighted by Gasteiger charge is 2.24. The fraction of sp³-hybridized carbons (Fsp3) is 0.400. The van der Waals surface area contributed by atoms with Gasteiger partial charge in [-0.15, -0.1) is 0 Å². The lowest BCUT2D eigenvalue weighted by Gasteiger charge is -2.32. The lowest BCUT2D eigenvalue weighted by molar-refractivity contribution is -0.121. The van der Waals surface area contributed by atoms with Crippen molar-refractivity contribution in [3.63, 3.8) is 0 Å². The summed E-state index contributed by atoms with van der Waals surface area (Å²) in [5, 5.41) is 10.3. The zero-order valence-corrected chi connectivity index (χ0v) is 15.1. The standard InChI is InChI=1S/C20H23FN4O2/c21-18-4-1-16(2-5-18)13-22-19(26)6-3-15-8-11-25(12-9-15)20(27)17-7-10-23-24-14-17/h1-2,4-5,7,10,14-15H,3,6,8-9,11-13H2,(H,22,26). The largest absolute Gasteiger partial charge is 0.352 e. The van der Waals surface area contributed by atoms with Crippen LogP contribution in [0.4, 0.5) is 4.39 Å². The zero-order valence-electron chi connectivity index (χ0n) is 15.1. The number of aromatic nitrogens is 2. The average molecular weight is 370 g/mol. The van der Waals surface area contributed by atoms with E-state index >= 15 is 0 Å². The molecule has 1 aliphatic rings. The third kappa shape index (κ3) is 5.57. The van der Waals surface area contributed by atoms with E-state index in [0.717, 1.165) is 24.8 Å². The van der Waals surface area contributed by atoms with Gasteiger partial charge in [-0.2, -0.15) is 10.2 Å². The molecule has 1 aromatic carbocycles. The second-order valence-corrected chi connectivity index (χ2v) is 6.81. The van der Waals surface area contributed by atoms with E-state index in [4.69, 9.17) is 0 Å². The Balaban J connectivity index is 1.36. The number of benzene rings is 1. The number of hydrogen-bond acceptors (Lipinski definition) is 4. The Morgan fingerprint density at radius 1 is 1.11 bits per heavy atom. The minimum atomic E-state index is -0.282. The molecular formula is C20H23FN4O2. The summed E-state index contributed by atoms with van der Waals surface area (Å²) in [5.41, 5.74) is 1.44. The summed E-state index contributed by atoms with van der Waals surface area (Å²) in [6.45, 7) is 1.80. The van der Waals surface area contributed by atoms with Gasteiger partial charge in [0.1, 0.15) is 5.82 Å². The molecule has 3 rings (SSSR count). The Morgan fingerprint density at radius 3 is 2.52 bits per heavy atom. The molecule has 1 fully saturated rings. The van der Waals surface area contributed by atoms with Crippen LogP contribution in [-0.2, 0) is 11.3 Å². The molecule has 2 heterocycles. The molecular weight excluding hydrogens is 347 g/mol. The lowest BCUT2D eigenvalue weighted by atomic mass is 9.92. The van der Waals surface area contributed by atoms with E-state index in [9.17, 15) is 14.0 Å². The maximum absolute atomic E-state index is 12.9. The smallest absolute Gasteiger partial charge is 0.255 e. The minimum Gasteiger partial charge on any atom is -0.352 e. The van der Waals surface area contributed by atoms with Crippen molar-refractivity contribution in [3.8, 4) is 0 Å². The number of hydrogen-bond donors (Lipinski definition) is 1. The Kier molecular flexibility index (Phi) is 6.46. The molecule has 1 aromatic heterocycles. The van der Waals surface area contributed by atoms with Crippen LogP contribution in [0.25, 0.3) is 0 Å². The summed E-state index contributed by atoms with van der Waals surface area (Å²) >= 11 is 0. The molecule has 0 atom stereocenters. The summed E-state index contributed by atoms with van der Waals surface area (Å²) in [6, 6.07) is 7.78. The van der Waals surface area contributed by atoms with Crippen LogP contribution in [-0.4, -0.2) is 40.0 Å². The van der Waals surface area contributed by atoms with Crippen LogP contribution in [0.5, 0.6) is 0 Å². The molecule has 27 heavy (non-hydrogen) atoms. The van der Waals surface area contributed by atoms with Gasteiger partial charge < -0.3 is 10.2 Å². The van der Waals surface area contributed by atoms with E-state index in [2.05, 4.69) is 15.5 Å². The molecule has 0 spiro atoms. The Labute approximate surface area is 157 Å². The van der Waals surface area contributed by atoms with Gasteiger partial charge in [0.15, 0.2) is 0 Å². The summed E-state index contributed by atoms with van der Waals surface area (Å²) in [5.74, 6) is 0.150. The van der Waals surface area contributed by atoms with Crippen molar-refractivity contribution in [2.24, 2.45) is 5.92 Å². The Bertz CT molecular complexity index is 759. The first kappa shape index (κ1) is 18.9. The van der Waals surface area contributed by atoms with E-state index in [1.165, 1.54) is 24.5 Å². The second-order valence-electron chi connectivity index (χ2n) is 6.81. The zero-order chi connectivity index (χ0) is 19.1. The normalized spacial score (nSPS) is 14.8. The van der Waals surface area contributed by atoms with Gasteiger partial charge >= 0.3 is 0 Å². The molecule has 1 saturated heterocycles. The van der Waals surface area contributed by atoms with Gasteiger partial charge in [0.05, 0.1) is 18.0 Å². The fourth-order valence-corrected chi connectivity index (χ4v) is 3.25. The van der Waals surface area contributed by atoms with Crippen molar-refractivity contribution in [2.45, 2.75) is 32.2 Å². The summed E-state index contributed by atoms with van der Waals surface area (Å²) in [7, 11) is 0. The minimum absolute atomic E-state index is 0.000640. The molecule has 2 aromatic rings. The Morgan fingerprint density at radius 2 is 1.85 bits per heavy atom. The number of nitrogens with one attached hydrogen (secondary N) is 1. The van der Waals surface area contributed by atoms with Gasteiger partial charge in [-0.1, -0.05) is 12.1 Å². The number of carbonyl (C=O) groups is 2. The number of nitrogens with zero attached hydrogens (tertiary/aromatic N) is 3. The topological polar surface area (TPSA) is 75.2 Å². The first-order valence-electron chi connectivity index (χ1n) is 9.19. The van der Waals surface area contributed by atoms with Gasteiger partial charge in [0.2, 0.25) is 5.91 Å². The van der Waals surface area contributed by atoms with Gasteiger partial charge in [0, 0.05) is 26.1 Å². The number of amides is 2. The number of likely N-dealkylation sites (tertiary alicyclic amines) is 1. The highest BCUT2D eigenvalue weighted by molar-refractivity contribution is 5.93. The maximum atomic E-state index is 12.9. The third-order valence-corrected chi connectivity index (χ3v) is 4.92.